The number of aliphatic imine (C=N–C) groups is 1. The lowest BCUT2D eigenvalue weighted by atomic mass is 10.2. The summed E-state index contributed by atoms with van der Waals surface area (Å²) in [6, 6.07) is 13.3. The predicted molar refractivity (Wildman–Crippen MR) is 85.2 cm³/mol. The van der Waals surface area contributed by atoms with Gasteiger partial charge >= 0.3 is 0 Å². The smallest absolute Gasteiger partial charge is 0.201 e. The van der Waals surface area contributed by atoms with Crippen LogP contribution in [0.25, 0.3) is 0 Å². The van der Waals surface area contributed by atoms with Gasteiger partial charge in [0.2, 0.25) is 5.96 Å². The van der Waals surface area contributed by atoms with Crippen molar-refractivity contribution in [3.05, 3.63) is 58.1 Å². The number of hydrogen-bond acceptors (Lipinski definition) is 1. The van der Waals surface area contributed by atoms with Gasteiger partial charge in [-0.1, -0.05) is 41.4 Å². The van der Waals surface area contributed by atoms with E-state index in [0.717, 1.165) is 18.7 Å². The molecule has 2 aromatic carbocycles. The maximum Gasteiger partial charge on any atom is 0.201 e. The van der Waals surface area contributed by atoms with E-state index in [1.165, 1.54) is 5.56 Å². The molecule has 0 unspecified atom stereocenters. The van der Waals surface area contributed by atoms with Crippen LogP contribution in [0.15, 0.2) is 47.5 Å². The molecule has 0 fully saturated rings. The van der Waals surface area contributed by atoms with Crippen LogP contribution >= 0.6 is 23.2 Å². The molecule has 5 heteroatoms. The van der Waals surface area contributed by atoms with Crippen molar-refractivity contribution in [3.63, 3.8) is 0 Å². The van der Waals surface area contributed by atoms with E-state index >= 15 is 0 Å². The Bertz CT molecular complexity index is 683. The summed E-state index contributed by atoms with van der Waals surface area (Å²) >= 11 is 12.1. The fourth-order valence-corrected chi connectivity index (χ4v) is 2.66. The molecule has 0 aromatic heterocycles. The molecule has 0 saturated carbocycles. The SMILES string of the molecule is NC(=Nc1cc(Cl)ccc1Cl)N1CCc2ccccc21. The minimum atomic E-state index is 0.430. The monoisotopic (exact) mass is 305 g/mol. The third-order valence-corrected chi connectivity index (χ3v) is 3.86. The number of hydrogen-bond donors (Lipinski definition) is 1. The van der Waals surface area contributed by atoms with Gasteiger partial charge in [0.25, 0.3) is 0 Å². The van der Waals surface area contributed by atoms with Gasteiger partial charge in [-0.15, -0.1) is 0 Å². The van der Waals surface area contributed by atoms with Crippen molar-refractivity contribution in [2.45, 2.75) is 6.42 Å². The molecular weight excluding hydrogens is 293 g/mol. The first-order chi connectivity index (χ1) is 9.65. The Morgan fingerprint density at radius 3 is 2.80 bits per heavy atom. The van der Waals surface area contributed by atoms with Gasteiger partial charge in [0.05, 0.1) is 10.7 Å². The fraction of sp³-hybridized carbons (Fsp3) is 0.133. The number of guanidine groups is 1. The molecule has 0 amide bonds. The summed E-state index contributed by atoms with van der Waals surface area (Å²) in [5, 5.41) is 1.12. The molecule has 1 aliphatic heterocycles. The van der Waals surface area contributed by atoms with E-state index in [2.05, 4.69) is 11.1 Å². The van der Waals surface area contributed by atoms with E-state index in [9.17, 15) is 0 Å². The van der Waals surface area contributed by atoms with Crippen LogP contribution in [0.1, 0.15) is 5.56 Å². The van der Waals surface area contributed by atoms with Gasteiger partial charge in [-0.25, -0.2) is 4.99 Å². The third kappa shape index (κ3) is 2.47. The standard InChI is InChI=1S/C15H13Cl2N3/c16-11-5-6-12(17)13(9-11)19-15(18)20-8-7-10-3-1-2-4-14(10)20/h1-6,9H,7-8H2,(H2,18,19). The van der Waals surface area contributed by atoms with Crippen molar-refractivity contribution in [2.75, 3.05) is 11.4 Å². The Morgan fingerprint density at radius 1 is 1.15 bits per heavy atom. The molecule has 1 aliphatic rings. The lowest BCUT2D eigenvalue weighted by molar-refractivity contribution is 1.01. The second kappa shape index (κ2) is 5.35. The summed E-state index contributed by atoms with van der Waals surface area (Å²) in [4.78, 5) is 6.40. The summed E-state index contributed by atoms with van der Waals surface area (Å²) in [7, 11) is 0. The number of anilines is 1. The van der Waals surface area contributed by atoms with Crippen molar-refractivity contribution in [2.24, 2.45) is 10.7 Å². The summed E-state index contributed by atoms with van der Waals surface area (Å²) in [5.41, 5.74) is 9.09. The number of nitrogens with zero attached hydrogens (tertiary/aromatic N) is 2. The molecule has 102 valence electrons. The van der Waals surface area contributed by atoms with Gasteiger partial charge < -0.3 is 10.6 Å². The molecule has 1 heterocycles. The first-order valence-corrected chi connectivity index (χ1v) is 7.05. The second-order valence-electron chi connectivity index (χ2n) is 4.60. The van der Waals surface area contributed by atoms with Gasteiger partial charge in [-0.3, -0.25) is 0 Å². The maximum absolute atomic E-state index is 6.12. The molecule has 0 saturated heterocycles. The van der Waals surface area contributed by atoms with Crippen LogP contribution < -0.4 is 10.6 Å². The average Bonchev–Trinajstić information content (AvgIpc) is 2.87. The third-order valence-electron chi connectivity index (χ3n) is 3.31. The number of halogens is 2. The lowest BCUT2D eigenvalue weighted by Crippen LogP contribution is -2.35. The van der Waals surface area contributed by atoms with E-state index < -0.39 is 0 Å². The zero-order chi connectivity index (χ0) is 14.1. The van der Waals surface area contributed by atoms with E-state index in [4.69, 9.17) is 28.9 Å². The van der Waals surface area contributed by atoms with Gasteiger partial charge in [-0.2, -0.15) is 0 Å². The first kappa shape index (κ1) is 13.3. The molecule has 2 N–H and O–H groups in total. The molecule has 2 aromatic rings. The zero-order valence-electron chi connectivity index (χ0n) is 10.7. The van der Waals surface area contributed by atoms with Gasteiger partial charge in [-0.05, 0) is 36.2 Å². The van der Waals surface area contributed by atoms with Crippen LogP contribution in [0.2, 0.25) is 10.0 Å². The maximum atomic E-state index is 6.12. The average molecular weight is 306 g/mol. The largest absolute Gasteiger partial charge is 0.369 e. The topological polar surface area (TPSA) is 41.6 Å². The fourth-order valence-electron chi connectivity index (χ4n) is 2.33. The zero-order valence-corrected chi connectivity index (χ0v) is 12.2. The molecule has 3 nitrogen and oxygen atoms in total. The van der Waals surface area contributed by atoms with Crippen molar-refractivity contribution in [1.82, 2.24) is 0 Å². The number of nitrogens with two attached hydrogens (primary N) is 1. The Balaban J connectivity index is 1.95. The van der Waals surface area contributed by atoms with Gasteiger partial charge in [0, 0.05) is 17.3 Å². The van der Waals surface area contributed by atoms with E-state index in [-0.39, 0.29) is 0 Å². The molecule has 0 aliphatic carbocycles. The predicted octanol–water partition coefficient (Wildman–Crippen LogP) is 4.00. The minimum Gasteiger partial charge on any atom is -0.369 e. The van der Waals surface area contributed by atoms with Crippen molar-refractivity contribution >= 4 is 40.5 Å². The molecule has 20 heavy (non-hydrogen) atoms. The van der Waals surface area contributed by atoms with Crippen LogP contribution in [0.4, 0.5) is 11.4 Å². The van der Waals surface area contributed by atoms with Gasteiger partial charge in [0.15, 0.2) is 0 Å². The summed E-state index contributed by atoms with van der Waals surface area (Å²) in [5.74, 6) is 0.430. The van der Waals surface area contributed by atoms with Crippen molar-refractivity contribution < 1.29 is 0 Å². The van der Waals surface area contributed by atoms with E-state index in [1.807, 2.05) is 23.1 Å². The van der Waals surface area contributed by atoms with Gasteiger partial charge in [0.1, 0.15) is 0 Å². The molecule has 0 atom stereocenters. The number of benzene rings is 2. The van der Waals surface area contributed by atoms with Crippen LogP contribution in [0.3, 0.4) is 0 Å². The first-order valence-electron chi connectivity index (χ1n) is 6.30. The minimum absolute atomic E-state index is 0.430. The van der Waals surface area contributed by atoms with Crippen LogP contribution in [-0.4, -0.2) is 12.5 Å². The number of rotatable bonds is 1. The summed E-state index contributed by atoms with van der Waals surface area (Å²) in [6.45, 7) is 0.826. The Labute approximate surface area is 127 Å². The molecular formula is C15H13Cl2N3. The van der Waals surface area contributed by atoms with Crippen LogP contribution in [0.5, 0.6) is 0 Å². The van der Waals surface area contributed by atoms with Crippen molar-refractivity contribution in [1.29, 1.82) is 0 Å². The van der Waals surface area contributed by atoms with E-state index in [1.54, 1.807) is 18.2 Å². The highest BCUT2D eigenvalue weighted by Crippen LogP contribution is 2.30. The van der Waals surface area contributed by atoms with Crippen molar-refractivity contribution in [3.8, 4) is 0 Å². The van der Waals surface area contributed by atoms with Crippen LogP contribution in [-0.2, 0) is 6.42 Å². The quantitative estimate of drug-likeness (QED) is 0.639. The number of fused-ring (bicyclic) bond motifs is 1. The summed E-state index contributed by atoms with van der Waals surface area (Å²) in [6.07, 6.45) is 0.968. The second-order valence-corrected chi connectivity index (χ2v) is 5.44. The van der Waals surface area contributed by atoms with Crippen LogP contribution in [0, 0.1) is 0 Å². The molecule has 0 radical (unpaired) electrons. The summed E-state index contributed by atoms with van der Waals surface area (Å²) < 4.78 is 0. The normalized spacial score (nSPS) is 14.5. The Kier molecular flexibility index (Phi) is 3.55. The molecule has 0 bridgehead atoms. The Morgan fingerprint density at radius 2 is 1.95 bits per heavy atom. The highest BCUT2D eigenvalue weighted by molar-refractivity contribution is 6.35. The van der Waals surface area contributed by atoms with E-state index in [0.29, 0.717) is 21.7 Å². The Hall–Kier alpha value is -1.71. The highest BCUT2D eigenvalue weighted by Gasteiger charge is 2.21. The molecule has 0 spiro atoms. The lowest BCUT2D eigenvalue weighted by Gasteiger charge is -2.18. The number of para-hydroxylation sites is 1. The molecule has 3 rings (SSSR count). The highest BCUT2D eigenvalue weighted by atomic mass is 35.5.